The van der Waals surface area contributed by atoms with E-state index >= 15 is 0 Å². The van der Waals surface area contributed by atoms with Gasteiger partial charge in [-0.1, -0.05) is 142 Å². The van der Waals surface area contributed by atoms with Crippen molar-refractivity contribution in [2.75, 3.05) is 14.1 Å². The van der Waals surface area contributed by atoms with E-state index in [-0.39, 0.29) is 11.7 Å². The van der Waals surface area contributed by atoms with Gasteiger partial charge in [-0.15, -0.1) is 12.3 Å². The second-order valence-corrected chi connectivity index (χ2v) is 12.3. The summed E-state index contributed by atoms with van der Waals surface area (Å²) in [7, 11) is 3.62. The second kappa shape index (κ2) is 31.4. The molecule has 256 valence electrons. The van der Waals surface area contributed by atoms with Crippen LogP contribution in [0.15, 0.2) is 60.7 Å². The number of hydrogen-bond donors (Lipinski definition) is 0. The zero-order chi connectivity index (χ0) is 35.0. The lowest BCUT2D eigenvalue weighted by molar-refractivity contribution is -0.128. The van der Waals surface area contributed by atoms with Gasteiger partial charge in [0.2, 0.25) is 11.7 Å². The molecule has 0 aliphatic rings. The lowest BCUT2D eigenvalue weighted by atomic mass is 10.1. The Kier molecular flexibility index (Phi) is 29.2. The van der Waals surface area contributed by atoms with Gasteiger partial charge >= 0.3 is 0 Å². The monoisotopic (exact) mass is 677 g/mol. The van der Waals surface area contributed by atoms with E-state index in [1.165, 1.54) is 32.1 Å². The third kappa shape index (κ3) is 26.5. The Morgan fingerprint density at radius 1 is 0.702 bits per heavy atom. The summed E-state index contributed by atoms with van der Waals surface area (Å²) < 4.78 is 0. The molecular formula is C42H57Cl2NO2. The number of terminal acetylenes is 1. The van der Waals surface area contributed by atoms with Crippen molar-refractivity contribution in [3.8, 4) is 24.2 Å². The number of ketones is 1. The van der Waals surface area contributed by atoms with Crippen LogP contribution >= 0.6 is 23.2 Å². The Hall–Kier alpha value is -3.24. The fourth-order valence-corrected chi connectivity index (χ4v) is 4.53. The van der Waals surface area contributed by atoms with Crippen LogP contribution in [0.4, 0.5) is 0 Å². The molecule has 0 unspecified atom stereocenters. The van der Waals surface area contributed by atoms with Gasteiger partial charge in [0.25, 0.3) is 0 Å². The maximum atomic E-state index is 11.5. The fraction of sp³-hybridized carbons (Fsp3) is 0.476. The molecule has 0 saturated carbocycles. The third-order valence-corrected chi connectivity index (χ3v) is 7.69. The highest BCUT2D eigenvalue weighted by Crippen LogP contribution is 2.17. The minimum atomic E-state index is 0.0858. The molecule has 3 nitrogen and oxygen atoms in total. The van der Waals surface area contributed by atoms with Gasteiger partial charge in [0, 0.05) is 49.8 Å². The number of Topliss-reactive ketones (excluding diaryl/α,β-unsaturated/α-hetero) is 1. The average Bonchev–Trinajstić information content (AvgIpc) is 3.06. The summed E-state index contributed by atoms with van der Waals surface area (Å²) in [5, 5.41) is 1.56. The topological polar surface area (TPSA) is 37.4 Å². The average molecular weight is 679 g/mol. The number of carbonyl (C=O) groups is 2. The van der Waals surface area contributed by atoms with Crippen LogP contribution in [-0.2, 0) is 9.59 Å². The van der Waals surface area contributed by atoms with Crippen molar-refractivity contribution in [3.63, 3.8) is 0 Å². The number of nitrogens with zero attached hydrogens (tertiary/aromatic N) is 1. The van der Waals surface area contributed by atoms with Gasteiger partial charge in [-0.2, -0.15) is 0 Å². The number of allylic oxidation sites excluding steroid dienone is 2. The van der Waals surface area contributed by atoms with Crippen molar-refractivity contribution < 1.29 is 9.59 Å². The summed E-state index contributed by atoms with van der Waals surface area (Å²) >= 11 is 12.1. The van der Waals surface area contributed by atoms with Crippen molar-refractivity contribution in [3.05, 3.63) is 81.9 Å². The second-order valence-electron chi connectivity index (χ2n) is 11.5. The van der Waals surface area contributed by atoms with Crippen LogP contribution in [0, 0.1) is 24.2 Å². The van der Waals surface area contributed by atoms with E-state index in [4.69, 9.17) is 29.6 Å². The van der Waals surface area contributed by atoms with Crippen molar-refractivity contribution in [2.45, 2.75) is 117 Å². The number of hydrogen-bond acceptors (Lipinski definition) is 2. The van der Waals surface area contributed by atoms with Crippen LogP contribution < -0.4 is 0 Å². The van der Waals surface area contributed by atoms with Crippen molar-refractivity contribution in [2.24, 2.45) is 0 Å². The minimum Gasteiger partial charge on any atom is -0.349 e. The summed E-state index contributed by atoms with van der Waals surface area (Å²) in [6.45, 7) is 4.34. The number of carbonyl (C=O) groups excluding carboxylic acids is 2. The van der Waals surface area contributed by atoms with Gasteiger partial charge < -0.3 is 4.90 Å². The SMILES string of the molecule is C#CCCC/C=C/c1ccccc1Cl.CCCCCCC(=O)C#CCCC/C=C/c1ccccc1Cl.CCCCCCC(=O)N(C)C. The summed E-state index contributed by atoms with van der Waals surface area (Å²) in [6, 6.07) is 15.6. The molecule has 0 radical (unpaired) electrons. The molecule has 5 heteroatoms. The number of rotatable bonds is 18. The van der Waals surface area contributed by atoms with E-state index in [1.54, 1.807) is 4.90 Å². The zero-order valence-corrected chi connectivity index (χ0v) is 30.9. The highest BCUT2D eigenvalue weighted by Gasteiger charge is 2.01. The van der Waals surface area contributed by atoms with Crippen molar-refractivity contribution in [1.82, 2.24) is 4.90 Å². The van der Waals surface area contributed by atoms with E-state index in [0.29, 0.717) is 12.8 Å². The molecule has 0 saturated heterocycles. The first-order valence-corrected chi connectivity index (χ1v) is 18.0. The lowest BCUT2D eigenvalue weighted by Crippen LogP contribution is -2.20. The summed E-state index contributed by atoms with van der Waals surface area (Å²) in [5.74, 6) is 8.67. The Morgan fingerprint density at radius 2 is 1.19 bits per heavy atom. The highest BCUT2D eigenvalue weighted by molar-refractivity contribution is 6.32. The Bertz CT molecular complexity index is 1280. The molecule has 0 fully saturated rings. The number of halogens is 2. The van der Waals surface area contributed by atoms with Crippen LogP contribution in [0.3, 0.4) is 0 Å². The zero-order valence-electron chi connectivity index (χ0n) is 29.3. The minimum absolute atomic E-state index is 0.0858. The van der Waals surface area contributed by atoms with Crippen molar-refractivity contribution in [1.29, 1.82) is 0 Å². The molecule has 0 N–H and O–H groups in total. The third-order valence-electron chi connectivity index (χ3n) is 7.00. The normalized spacial score (nSPS) is 10.2. The molecule has 0 aliphatic heterocycles. The fourth-order valence-electron chi connectivity index (χ4n) is 4.13. The largest absolute Gasteiger partial charge is 0.349 e. The molecule has 0 bridgehead atoms. The molecule has 0 aliphatic carbocycles. The van der Waals surface area contributed by atoms with Gasteiger partial charge in [0.05, 0.1) is 0 Å². The van der Waals surface area contributed by atoms with E-state index in [1.807, 2.05) is 74.8 Å². The van der Waals surface area contributed by atoms with Gasteiger partial charge in [0.15, 0.2) is 0 Å². The molecule has 47 heavy (non-hydrogen) atoms. The van der Waals surface area contributed by atoms with Gasteiger partial charge in [-0.05, 0) is 67.7 Å². The quantitative estimate of drug-likeness (QED) is 0.0894. The maximum absolute atomic E-state index is 11.5. The van der Waals surface area contributed by atoms with Gasteiger partial charge in [0.1, 0.15) is 0 Å². The highest BCUT2D eigenvalue weighted by atomic mass is 35.5. The van der Waals surface area contributed by atoms with E-state index in [9.17, 15) is 9.59 Å². The molecule has 0 spiro atoms. The molecule has 2 rings (SSSR count). The van der Waals surface area contributed by atoms with Gasteiger partial charge in [-0.3, -0.25) is 9.59 Å². The van der Waals surface area contributed by atoms with E-state index in [0.717, 1.165) is 79.0 Å². The molecule has 1 amide bonds. The predicted molar refractivity (Wildman–Crippen MR) is 207 cm³/mol. The Labute approximate surface area is 297 Å². The Morgan fingerprint density at radius 3 is 1.66 bits per heavy atom. The Balaban J connectivity index is 0.000000728. The summed E-state index contributed by atoms with van der Waals surface area (Å²) in [6.07, 6.45) is 29.6. The number of benzene rings is 2. The standard InChI is InChI=1S/C20H25ClO.C13H13Cl.C9H19NO/c1-2-3-4-9-15-19(22)16-10-7-5-6-8-13-18-14-11-12-17-20(18)21;1-2-3-4-5-6-9-12-10-7-8-11-13(12)14;1-4-5-6-7-8-9(11)10(2)3/h8,11-14,17H,2-7,9,15H2,1H3;1,6-11H,3-5H2;4-8H2,1-3H3/b13-8+;9-6+;. The molecule has 0 heterocycles. The summed E-state index contributed by atoms with van der Waals surface area (Å²) in [5.41, 5.74) is 2.10. The number of amides is 1. The van der Waals surface area contributed by atoms with Crippen LogP contribution in [0.1, 0.15) is 128 Å². The molecule has 2 aromatic rings. The first-order chi connectivity index (χ1) is 22.8. The van der Waals surface area contributed by atoms with Crippen LogP contribution in [0.5, 0.6) is 0 Å². The van der Waals surface area contributed by atoms with Crippen LogP contribution in [-0.4, -0.2) is 30.7 Å². The predicted octanol–water partition coefficient (Wildman–Crippen LogP) is 12.3. The van der Waals surface area contributed by atoms with Crippen LogP contribution in [0.2, 0.25) is 10.0 Å². The van der Waals surface area contributed by atoms with Gasteiger partial charge in [-0.25, -0.2) is 0 Å². The lowest BCUT2D eigenvalue weighted by Gasteiger charge is -2.08. The first kappa shape index (κ1) is 43.8. The van der Waals surface area contributed by atoms with Crippen LogP contribution in [0.25, 0.3) is 12.2 Å². The van der Waals surface area contributed by atoms with E-state index < -0.39 is 0 Å². The number of unbranched alkanes of at least 4 members (excludes halogenated alkanes) is 10. The smallest absolute Gasteiger partial charge is 0.222 e. The maximum Gasteiger partial charge on any atom is 0.222 e. The molecule has 0 aromatic heterocycles. The molecular weight excluding hydrogens is 621 g/mol. The molecule has 2 aromatic carbocycles. The first-order valence-electron chi connectivity index (χ1n) is 17.2. The van der Waals surface area contributed by atoms with E-state index in [2.05, 4.69) is 43.8 Å². The molecule has 0 atom stereocenters. The summed E-state index contributed by atoms with van der Waals surface area (Å²) in [4.78, 5) is 24.2. The van der Waals surface area contributed by atoms with Crippen molar-refractivity contribution >= 4 is 47.0 Å².